The summed E-state index contributed by atoms with van der Waals surface area (Å²) in [4.78, 5) is 13.2. The molecule has 2 atom stereocenters. The van der Waals surface area contributed by atoms with Gasteiger partial charge in [-0.25, -0.2) is 9.18 Å². The molecule has 2 aromatic carbocycles. The van der Waals surface area contributed by atoms with E-state index in [4.69, 9.17) is 4.74 Å². The number of amides is 1. The summed E-state index contributed by atoms with van der Waals surface area (Å²) in [5.74, 6) is 0. The molecule has 0 saturated carbocycles. The maximum absolute atomic E-state index is 13.4. The molecule has 1 aliphatic heterocycles. The number of aliphatic hydroxyl groups excluding tert-OH is 1. The second-order valence-corrected chi connectivity index (χ2v) is 5.55. The van der Waals surface area contributed by atoms with E-state index in [1.165, 1.54) is 4.90 Å². The lowest BCUT2D eigenvalue weighted by Crippen LogP contribution is -2.47. The molecule has 4 nitrogen and oxygen atoms in total. The van der Waals surface area contributed by atoms with Crippen molar-refractivity contribution in [3.8, 4) is 0 Å². The lowest BCUT2D eigenvalue weighted by atomic mass is 10.1. The average Bonchev–Trinajstić information content (AvgIpc) is 2.55. The number of benzene rings is 2. The third kappa shape index (κ3) is 3.20. The van der Waals surface area contributed by atoms with Gasteiger partial charge in [0.25, 0.3) is 0 Å². The second kappa shape index (κ2) is 6.32. The third-order valence-electron chi connectivity index (χ3n) is 3.94. The predicted molar refractivity (Wildman–Crippen MR) is 81.2 cm³/mol. The fourth-order valence-electron chi connectivity index (χ4n) is 2.62. The van der Waals surface area contributed by atoms with Gasteiger partial charge < -0.3 is 14.7 Å². The largest absolute Gasteiger partial charge is 0.445 e. The summed E-state index contributed by atoms with van der Waals surface area (Å²) in [5, 5.41) is 11.5. The number of hydrogen-bond donors (Lipinski definition) is 1. The molecule has 1 N–H and O–H groups in total. The normalized spacial score (nSPS) is 21.8. The van der Waals surface area contributed by atoms with E-state index in [1.807, 2.05) is 42.5 Å². The minimum absolute atomic E-state index is 0.113. The number of carbonyl (C=O) groups excluding carboxylic acids is 1. The van der Waals surface area contributed by atoms with Crippen LogP contribution in [0.4, 0.5) is 9.18 Å². The SMILES string of the molecule is O=C(OCc1ccc2ccccc2c1)N1CC[C@@H](O)[C@@H](F)C1. The van der Waals surface area contributed by atoms with Crippen LogP contribution in [-0.4, -0.2) is 41.5 Å². The number of nitrogens with zero attached hydrogens (tertiary/aromatic N) is 1. The van der Waals surface area contributed by atoms with Crippen molar-refractivity contribution >= 4 is 16.9 Å². The molecule has 1 heterocycles. The Morgan fingerprint density at radius 1 is 1.27 bits per heavy atom. The van der Waals surface area contributed by atoms with Crippen molar-refractivity contribution < 1.29 is 19.0 Å². The first-order valence-corrected chi connectivity index (χ1v) is 7.35. The number of ether oxygens (including phenoxy) is 1. The van der Waals surface area contributed by atoms with E-state index in [2.05, 4.69) is 0 Å². The zero-order valence-electron chi connectivity index (χ0n) is 12.1. The molecule has 5 heteroatoms. The van der Waals surface area contributed by atoms with Crippen LogP contribution in [0, 0.1) is 0 Å². The van der Waals surface area contributed by atoms with E-state index >= 15 is 0 Å². The first kappa shape index (κ1) is 14.8. The Kier molecular flexibility index (Phi) is 4.24. The van der Waals surface area contributed by atoms with Gasteiger partial charge in [-0.1, -0.05) is 36.4 Å². The number of alkyl halides is 1. The number of likely N-dealkylation sites (tertiary alicyclic amines) is 1. The molecule has 0 aliphatic carbocycles. The monoisotopic (exact) mass is 303 g/mol. The van der Waals surface area contributed by atoms with E-state index in [1.54, 1.807) is 0 Å². The first-order valence-electron chi connectivity index (χ1n) is 7.35. The zero-order chi connectivity index (χ0) is 15.5. The van der Waals surface area contributed by atoms with Crippen LogP contribution < -0.4 is 0 Å². The van der Waals surface area contributed by atoms with Crippen molar-refractivity contribution in [1.82, 2.24) is 4.90 Å². The van der Waals surface area contributed by atoms with Gasteiger partial charge in [0.05, 0.1) is 12.6 Å². The van der Waals surface area contributed by atoms with Crippen LogP contribution >= 0.6 is 0 Å². The molecule has 22 heavy (non-hydrogen) atoms. The van der Waals surface area contributed by atoms with Crippen LogP contribution in [0.2, 0.25) is 0 Å². The van der Waals surface area contributed by atoms with Crippen molar-refractivity contribution in [2.24, 2.45) is 0 Å². The molecule has 0 aromatic heterocycles. The van der Waals surface area contributed by atoms with E-state index < -0.39 is 18.4 Å². The fraction of sp³-hybridized carbons (Fsp3) is 0.353. The minimum Gasteiger partial charge on any atom is -0.445 e. The molecule has 0 unspecified atom stereocenters. The number of rotatable bonds is 2. The highest BCUT2D eigenvalue weighted by Crippen LogP contribution is 2.18. The van der Waals surface area contributed by atoms with Crippen molar-refractivity contribution in [3.05, 3.63) is 48.0 Å². The highest BCUT2D eigenvalue weighted by atomic mass is 19.1. The van der Waals surface area contributed by atoms with Gasteiger partial charge >= 0.3 is 6.09 Å². The molecule has 1 fully saturated rings. The van der Waals surface area contributed by atoms with Crippen LogP contribution in [0.25, 0.3) is 10.8 Å². The Bertz CT molecular complexity index is 676. The summed E-state index contributed by atoms with van der Waals surface area (Å²) in [6.45, 7) is 0.357. The number of halogens is 1. The lowest BCUT2D eigenvalue weighted by Gasteiger charge is -2.31. The summed E-state index contributed by atoms with van der Waals surface area (Å²) in [5.41, 5.74) is 0.890. The van der Waals surface area contributed by atoms with Crippen LogP contribution in [0.15, 0.2) is 42.5 Å². The van der Waals surface area contributed by atoms with Gasteiger partial charge in [-0.3, -0.25) is 0 Å². The van der Waals surface area contributed by atoms with Gasteiger partial charge in [-0.05, 0) is 28.8 Å². The van der Waals surface area contributed by atoms with Crippen molar-refractivity contribution in [2.45, 2.75) is 25.3 Å². The minimum atomic E-state index is -1.40. The van der Waals surface area contributed by atoms with Crippen LogP contribution in [-0.2, 0) is 11.3 Å². The molecule has 116 valence electrons. The summed E-state index contributed by atoms with van der Waals surface area (Å²) in [6, 6.07) is 13.8. The predicted octanol–water partition coefficient (Wildman–Crippen LogP) is 2.88. The molecule has 3 rings (SSSR count). The number of piperidine rings is 1. The highest BCUT2D eigenvalue weighted by molar-refractivity contribution is 5.83. The first-order chi connectivity index (χ1) is 10.6. The molecule has 1 amide bonds. The standard InChI is InChI=1S/C17H18FNO3/c18-15-10-19(8-7-16(15)20)17(21)22-11-12-5-6-13-3-1-2-4-14(13)9-12/h1-6,9,15-16,20H,7-8,10-11H2/t15-,16+/m0/s1. The van der Waals surface area contributed by atoms with E-state index in [9.17, 15) is 14.3 Å². The molecule has 1 aliphatic rings. The number of carbonyl (C=O) groups is 1. The zero-order valence-corrected chi connectivity index (χ0v) is 12.1. The molecule has 0 bridgehead atoms. The van der Waals surface area contributed by atoms with E-state index in [0.717, 1.165) is 16.3 Å². The molecule has 1 saturated heterocycles. The fourth-order valence-corrected chi connectivity index (χ4v) is 2.62. The van der Waals surface area contributed by atoms with Gasteiger partial charge in [0.1, 0.15) is 12.8 Å². The van der Waals surface area contributed by atoms with Crippen molar-refractivity contribution in [2.75, 3.05) is 13.1 Å². The third-order valence-corrected chi connectivity index (χ3v) is 3.94. The Balaban J connectivity index is 1.60. The molecule has 2 aromatic rings. The topological polar surface area (TPSA) is 49.8 Å². The number of aliphatic hydroxyl groups is 1. The van der Waals surface area contributed by atoms with Crippen LogP contribution in [0.5, 0.6) is 0 Å². The van der Waals surface area contributed by atoms with Gasteiger partial charge in [0, 0.05) is 6.54 Å². The smallest absolute Gasteiger partial charge is 0.410 e. The molecular weight excluding hydrogens is 285 g/mol. The molecule has 0 radical (unpaired) electrons. The highest BCUT2D eigenvalue weighted by Gasteiger charge is 2.30. The van der Waals surface area contributed by atoms with Crippen LogP contribution in [0.3, 0.4) is 0 Å². The Morgan fingerprint density at radius 2 is 2.05 bits per heavy atom. The van der Waals surface area contributed by atoms with Crippen molar-refractivity contribution in [3.63, 3.8) is 0 Å². The molecular formula is C17H18FNO3. The van der Waals surface area contributed by atoms with Gasteiger partial charge in [0.15, 0.2) is 0 Å². The van der Waals surface area contributed by atoms with Crippen LogP contribution in [0.1, 0.15) is 12.0 Å². The Hall–Kier alpha value is -2.14. The van der Waals surface area contributed by atoms with Gasteiger partial charge in [-0.2, -0.15) is 0 Å². The maximum Gasteiger partial charge on any atom is 0.410 e. The summed E-state index contributed by atoms with van der Waals surface area (Å²) < 4.78 is 18.7. The lowest BCUT2D eigenvalue weighted by molar-refractivity contribution is 0.00255. The van der Waals surface area contributed by atoms with Gasteiger partial charge in [0.2, 0.25) is 0 Å². The summed E-state index contributed by atoms with van der Waals surface area (Å²) in [6.07, 6.45) is -2.68. The maximum atomic E-state index is 13.4. The quantitative estimate of drug-likeness (QED) is 0.928. The van der Waals surface area contributed by atoms with E-state index in [-0.39, 0.29) is 19.6 Å². The second-order valence-electron chi connectivity index (χ2n) is 5.55. The number of fused-ring (bicyclic) bond motifs is 1. The molecule has 0 spiro atoms. The van der Waals surface area contributed by atoms with Crippen molar-refractivity contribution in [1.29, 1.82) is 0 Å². The summed E-state index contributed by atoms with van der Waals surface area (Å²) in [7, 11) is 0. The Morgan fingerprint density at radius 3 is 2.82 bits per heavy atom. The average molecular weight is 303 g/mol. The van der Waals surface area contributed by atoms with Gasteiger partial charge in [-0.15, -0.1) is 0 Å². The Labute approximate surface area is 128 Å². The summed E-state index contributed by atoms with van der Waals surface area (Å²) >= 11 is 0. The number of hydrogen-bond acceptors (Lipinski definition) is 3. The van der Waals surface area contributed by atoms with E-state index in [0.29, 0.717) is 6.54 Å².